The van der Waals surface area contributed by atoms with Crippen molar-refractivity contribution in [3.8, 4) is 23.0 Å². The molecule has 4 rings (SSSR count). The predicted molar refractivity (Wildman–Crippen MR) is 132 cm³/mol. The van der Waals surface area contributed by atoms with Gasteiger partial charge in [0.1, 0.15) is 0 Å². The smallest absolute Gasteiger partial charge is 0.230 e. The van der Waals surface area contributed by atoms with Crippen LogP contribution in [0.5, 0.6) is 23.0 Å². The highest BCUT2D eigenvalue weighted by Gasteiger charge is 2.29. The van der Waals surface area contributed by atoms with E-state index in [0.29, 0.717) is 49.1 Å². The van der Waals surface area contributed by atoms with Crippen molar-refractivity contribution >= 4 is 12.0 Å². The van der Waals surface area contributed by atoms with Crippen LogP contribution in [-0.2, 0) is 17.6 Å². The van der Waals surface area contributed by atoms with Gasteiger partial charge in [-0.2, -0.15) is 0 Å². The molecule has 0 spiro atoms. The first-order valence-electron chi connectivity index (χ1n) is 12.9. The van der Waals surface area contributed by atoms with E-state index in [0.717, 1.165) is 28.7 Å². The molecule has 0 saturated carbocycles. The standard InChI is InChI=1S/C27H34N2O5/c1-28(17-21-11-20-14-25(33-4)26(34-5)16-22(20)21)8-6-9-29-10-7-18-12-23(31-2)24(32-3)13-19(18)15-27(29)30/h7,10,12-14,16,21H,6,8-9,11,15,17H2,1-5H3/t21-/m1/s1/i1D3. The number of fused-ring (bicyclic) bond motifs is 2. The molecule has 0 saturated heterocycles. The largest absolute Gasteiger partial charge is 0.493 e. The number of carbonyl (C=O) groups excluding carboxylic acids is 1. The van der Waals surface area contributed by atoms with Crippen LogP contribution in [0.25, 0.3) is 6.08 Å². The zero-order valence-corrected chi connectivity index (χ0v) is 20.2. The van der Waals surface area contributed by atoms with Gasteiger partial charge in [0, 0.05) is 29.3 Å². The lowest BCUT2D eigenvalue weighted by atomic mass is 9.77. The Morgan fingerprint density at radius 3 is 2.29 bits per heavy atom. The van der Waals surface area contributed by atoms with Gasteiger partial charge in [0.2, 0.25) is 5.91 Å². The summed E-state index contributed by atoms with van der Waals surface area (Å²) in [6, 6.07) is 7.60. The van der Waals surface area contributed by atoms with Gasteiger partial charge in [-0.1, -0.05) is 0 Å². The number of likely N-dealkylation sites (N-methyl/N-ethyl adjacent to an activating group) is 1. The van der Waals surface area contributed by atoms with Crippen molar-refractivity contribution in [1.29, 1.82) is 0 Å². The molecule has 1 aliphatic carbocycles. The molecule has 1 atom stereocenters. The van der Waals surface area contributed by atoms with Gasteiger partial charge >= 0.3 is 0 Å². The third kappa shape index (κ3) is 4.85. The molecule has 0 aromatic heterocycles. The summed E-state index contributed by atoms with van der Waals surface area (Å²) in [5.74, 6) is 2.58. The molecular weight excluding hydrogens is 432 g/mol. The molecule has 0 N–H and O–H groups in total. The zero-order valence-electron chi connectivity index (χ0n) is 23.2. The van der Waals surface area contributed by atoms with Gasteiger partial charge in [-0.15, -0.1) is 0 Å². The number of methoxy groups -OCH3 is 4. The van der Waals surface area contributed by atoms with Gasteiger partial charge in [-0.3, -0.25) is 4.79 Å². The second-order valence-corrected chi connectivity index (χ2v) is 8.59. The second-order valence-electron chi connectivity index (χ2n) is 8.59. The summed E-state index contributed by atoms with van der Waals surface area (Å²) in [4.78, 5) is 16.1. The molecule has 7 heteroatoms. The topological polar surface area (TPSA) is 60.5 Å². The van der Waals surface area contributed by atoms with Crippen molar-refractivity contribution in [2.75, 3.05) is 55.0 Å². The van der Waals surface area contributed by atoms with Gasteiger partial charge < -0.3 is 28.7 Å². The molecule has 0 unspecified atom stereocenters. The summed E-state index contributed by atoms with van der Waals surface area (Å²) in [7, 11) is 6.34. The first-order valence-corrected chi connectivity index (χ1v) is 11.4. The van der Waals surface area contributed by atoms with Crippen LogP contribution in [0.2, 0.25) is 0 Å². The number of carbonyl (C=O) groups is 1. The van der Waals surface area contributed by atoms with Crippen LogP contribution in [0.4, 0.5) is 0 Å². The van der Waals surface area contributed by atoms with Crippen LogP contribution < -0.4 is 18.9 Å². The maximum absolute atomic E-state index is 12.9. The lowest BCUT2D eigenvalue weighted by molar-refractivity contribution is -0.127. The molecule has 2 aromatic carbocycles. The van der Waals surface area contributed by atoms with Crippen molar-refractivity contribution in [2.45, 2.75) is 25.2 Å². The quantitative estimate of drug-likeness (QED) is 0.528. The van der Waals surface area contributed by atoms with Crippen LogP contribution in [0.3, 0.4) is 0 Å². The number of hydrogen-bond acceptors (Lipinski definition) is 6. The van der Waals surface area contributed by atoms with E-state index in [1.54, 1.807) is 39.5 Å². The fourth-order valence-electron chi connectivity index (χ4n) is 4.65. The monoisotopic (exact) mass is 469 g/mol. The molecular formula is C27H34N2O5. The highest BCUT2D eigenvalue weighted by molar-refractivity contribution is 5.84. The normalized spacial score (nSPS) is 18.1. The Morgan fingerprint density at radius 2 is 1.62 bits per heavy atom. The Labute approximate surface area is 206 Å². The van der Waals surface area contributed by atoms with Gasteiger partial charge in [0.25, 0.3) is 0 Å². The molecule has 34 heavy (non-hydrogen) atoms. The number of benzene rings is 2. The van der Waals surface area contributed by atoms with E-state index >= 15 is 0 Å². The number of hydrogen-bond donors (Lipinski definition) is 0. The average molecular weight is 470 g/mol. The molecule has 0 radical (unpaired) electrons. The number of ether oxygens (including phenoxy) is 4. The SMILES string of the molecule is [2H]C([2H])([2H])N(CCCN1C=Cc2cc(OC)c(OC)cc2CC1=O)C[C@H]1Cc2cc(OC)c(OC)cc21. The summed E-state index contributed by atoms with van der Waals surface area (Å²) in [6.45, 7) is -1.04. The number of rotatable bonds is 10. The highest BCUT2D eigenvalue weighted by atomic mass is 16.5. The first-order chi connectivity index (χ1) is 17.7. The minimum Gasteiger partial charge on any atom is -0.493 e. The zero-order chi connectivity index (χ0) is 26.7. The van der Waals surface area contributed by atoms with Gasteiger partial charge in [0.05, 0.1) is 34.9 Å². The third-order valence-corrected chi connectivity index (χ3v) is 6.56. The van der Waals surface area contributed by atoms with Gasteiger partial charge in [-0.05, 0) is 79.0 Å². The Bertz CT molecular complexity index is 1180. The maximum Gasteiger partial charge on any atom is 0.230 e. The maximum atomic E-state index is 12.9. The van der Waals surface area contributed by atoms with E-state index in [4.69, 9.17) is 23.1 Å². The fraction of sp³-hybridized carbons (Fsp3) is 0.444. The Kier molecular flexibility index (Phi) is 6.17. The molecule has 0 bridgehead atoms. The molecule has 7 nitrogen and oxygen atoms in total. The molecule has 2 aromatic rings. The van der Waals surface area contributed by atoms with Crippen molar-refractivity contribution in [3.05, 3.63) is 52.7 Å². The lowest BCUT2D eigenvalue weighted by Gasteiger charge is -2.34. The van der Waals surface area contributed by atoms with E-state index in [-0.39, 0.29) is 18.2 Å². The Balaban J connectivity index is 1.39. The molecule has 0 fully saturated rings. The lowest BCUT2D eigenvalue weighted by Crippen LogP contribution is -2.34. The first kappa shape index (κ1) is 20.2. The minimum absolute atomic E-state index is 0.0448. The number of nitrogens with zero attached hydrogens (tertiary/aromatic N) is 2. The molecule has 1 aliphatic heterocycles. The van der Waals surface area contributed by atoms with Gasteiger partial charge in [-0.25, -0.2) is 0 Å². The van der Waals surface area contributed by atoms with Crippen molar-refractivity contribution in [2.24, 2.45) is 0 Å². The Hall–Kier alpha value is -3.19. The van der Waals surface area contributed by atoms with E-state index in [1.165, 1.54) is 4.90 Å². The van der Waals surface area contributed by atoms with Crippen molar-refractivity contribution < 1.29 is 27.9 Å². The van der Waals surface area contributed by atoms with E-state index < -0.39 is 6.98 Å². The fourth-order valence-corrected chi connectivity index (χ4v) is 4.65. The summed E-state index contributed by atoms with van der Waals surface area (Å²) in [5.41, 5.74) is 4.01. The molecule has 1 amide bonds. The van der Waals surface area contributed by atoms with E-state index in [2.05, 4.69) is 0 Å². The average Bonchev–Trinajstić information content (AvgIpc) is 3.01. The highest BCUT2D eigenvalue weighted by Crippen LogP contribution is 2.42. The van der Waals surface area contributed by atoms with Crippen molar-refractivity contribution in [3.63, 3.8) is 0 Å². The molecule has 182 valence electrons. The third-order valence-electron chi connectivity index (χ3n) is 6.56. The Morgan fingerprint density at radius 1 is 0.971 bits per heavy atom. The summed E-state index contributed by atoms with van der Waals surface area (Å²) >= 11 is 0. The van der Waals surface area contributed by atoms with Crippen LogP contribution in [0.1, 0.15) is 38.7 Å². The van der Waals surface area contributed by atoms with Crippen LogP contribution in [0.15, 0.2) is 30.5 Å². The van der Waals surface area contributed by atoms with Crippen LogP contribution in [0, 0.1) is 0 Å². The van der Waals surface area contributed by atoms with E-state index in [1.807, 2.05) is 30.3 Å². The van der Waals surface area contributed by atoms with Crippen molar-refractivity contribution in [1.82, 2.24) is 9.80 Å². The molecule has 2 aliphatic rings. The van der Waals surface area contributed by atoms with Crippen LogP contribution in [-0.4, -0.2) is 70.8 Å². The van der Waals surface area contributed by atoms with Gasteiger partial charge in [0.15, 0.2) is 23.0 Å². The summed E-state index contributed by atoms with van der Waals surface area (Å²) < 4.78 is 45.7. The molecule has 1 heterocycles. The van der Waals surface area contributed by atoms with Crippen LogP contribution >= 0.6 is 0 Å². The number of amides is 1. The van der Waals surface area contributed by atoms with E-state index in [9.17, 15) is 4.79 Å². The summed E-state index contributed by atoms with van der Waals surface area (Å²) in [6.07, 6.45) is 5.21. The predicted octanol–water partition coefficient (Wildman–Crippen LogP) is 3.74. The second kappa shape index (κ2) is 10.4. The minimum atomic E-state index is -2.23. The summed E-state index contributed by atoms with van der Waals surface area (Å²) in [5, 5.41) is 0.